The summed E-state index contributed by atoms with van der Waals surface area (Å²) in [6.45, 7) is 3.41. The molecule has 2 saturated carbocycles. The van der Waals surface area contributed by atoms with Crippen LogP contribution in [0.15, 0.2) is 29.2 Å². The average molecular weight is 275 g/mol. The van der Waals surface area contributed by atoms with Crippen LogP contribution in [-0.4, -0.2) is 12.3 Å². The third-order valence-corrected chi connectivity index (χ3v) is 5.97. The maximum absolute atomic E-state index is 3.76. The summed E-state index contributed by atoms with van der Waals surface area (Å²) in [5.74, 6) is 3.01. The Labute approximate surface area is 121 Å². The number of rotatable bonds is 5. The van der Waals surface area contributed by atoms with E-state index >= 15 is 0 Å². The molecule has 19 heavy (non-hydrogen) atoms. The minimum absolute atomic E-state index is 0.676. The first-order valence-electron chi connectivity index (χ1n) is 7.62. The highest BCUT2D eigenvalue weighted by Crippen LogP contribution is 2.49. The molecule has 2 fully saturated rings. The largest absolute Gasteiger partial charge is 0.310 e. The van der Waals surface area contributed by atoms with E-state index in [0.717, 1.165) is 24.3 Å². The number of hydrogen-bond acceptors (Lipinski definition) is 2. The second-order valence-electron chi connectivity index (χ2n) is 6.36. The Bertz CT molecular complexity index is 414. The lowest BCUT2D eigenvalue weighted by Crippen LogP contribution is -2.35. The van der Waals surface area contributed by atoms with Gasteiger partial charge in [0.05, 0.1) is 0 Å². The standard InChI is InChI=1S/C17H25NS/c1-12(17-10-14-3-6-15(17)9-14)18-11-13-4-7-16(19-2)8-5-13/h4-5,7-8,12,14-15,17-18H,3,6,9-11H2,1-2H3/t12-,14+,15+,17+/m1/s1. The Morgan fingerprint density at radius 1 is 1.21 bits per heavy atom. The second kappa shape index (κ2) is 5.88. The fourth-order valence-electron chi connectivity index (χ4n) is 4.08. The number of benzene rings is 1. The van der Waals surface area contributed by atoms with Crippen molar-refractivity contribution in [2.24, 2.45) is 17.8 Å². The first-order valence-corrected chi connectivity index (χ1v) is 8.85. The molecule has 0 amide bonds. The molecule has 2 aliphatic rings. The molecule has 0 aliphatic heterocycles. The van der Waals surface area contributed by atoms with Crippen LogP contribution in [0.5, 0.6) is 0 Å². The molecule has 0 unspecified atom stereocenters. The zero-order valence-corrected chi connectivity index (χ0v) is 12.9. The molecule has 0 aromatic heterocycles. The Morgan fingerprint density at radius 2 is 2.00 bits per heavy atom. The van der Waals surface area contributed by atoms with Gasteiger partial charge < -0.3 is 5.32 Å². The van der Waals surface area contributed by atoms with Gasteiger partial charge in [0.15, 0.2) is 0 Å². The minimum Gasteiger partial charge on any atom is -0.310 e. The average Bonchev–Trinajstić information content (AvgIpc) is 3.08. The molecule has 4 atom stereocenters. The van der Waals surface area contributed by atoms with Crippen molar-refractivity contribution in [3.63, 3.8) is 0 Å². The van der Waals surface area contributed by atoms with Crippen LogP contribution in [0.25, 0.3) is 0 Å². The number of nitrogens with one attached hydrogen (secondary N) is 1. The fraction of sp³-hybridized carbons (Fsp3) is 0.647. The molecule has 2 heteroatoms. The monoisotopic (exact) mass is 275 g/mol. The molecule has 0 saturated heterocycles. The van der Waals surface area contributed by atoms with Gasteiger partial charge in [-0.3, -0.25) is 0 Å². The summed E-state index contributed by atoms with van der Waals surface area (Å²) < 4.78 is 0. The van der Waals surface area contributed by atoms with Crippen molar-refractivity contribution in [1.82, 2.24) is 5.32 Å². The van der Waals surface area contributed by atoms with E-state index < -0.39 is 0 Å². The van der Waals surface area contributed by atoms with Crippen LogP contribution in [0.4, 0.5) is 0 Å². The molecule has 2 aliphatic carbocycles. The summed E-state index contributed by atoms with van der Waals surface area (Å²) in [6, 6.07) is 9.64. The zero-order chi connectivity index (χ0) is 13.2. The van der Waals surface area contributed by atoms with Gasteiger partial charge in [-0.2, -0.15) is 0 Å². The minimum atomic E-state index is 0.676. The summed E-state index contributed by atoms with van der Waals surface area (Å²) in [5.41, 5.74) is 1.41. The topological polar surface area (TPSA) is 12.0 Å². The Hall–Kier alpha value is -0.470. The number of thioether (sulfide) groups is 1. The molecule has 2 bridgehead atoms. The maximum atomic E-state index is 3.76. The van der Waals surface area contributed by atoms with Crippen molar-refractivity contribution in [2.45, 2.75) is 50.1 Å². The lowest BCUT2D eigenvalue weighted by molar-refractivity contribution is 0.259. The summed E-state index contributed by atoms with van der Waals surface area (Å²) in [4.78, 5) is 1.35. The van der Waals surface area contributed by atoms with E-state index in [1.165, 1.54) is 36.1 Å². The lowest BCUT2D eigenvalue weighted by Gasteiger charge is -2.28. The van der Waals surface area contributed by atoms with E-state index in [4.69, 9.17) is 0 Å². The van der Waals surface area contributed by atoms with Gasteiger partial charge in [0.2, 0.25) is 0 Å². The van der Waals surface area contributed by atoms with Gasteiger partial charge >= 0.3 is 0 Å². The van der Waals surface area contributed by atoms with Crippen molar-refractivity contribution in [1.29, 1.82) is 0 Å². The second-order valence-corrected chi connectivity index (χ2v) is 7.24. The summed E-state index contributed by atoms with van der Waals surface area (Å²) in [7, 11) is 0. The molecule has 0 heterocycles. The summed E-state index contributed by atoms with van der Waals surface area (Å²) in [5, 5.41) is 3.76. The quantitative estimate of drug-likeness (QED) is 0.803. The van der Waals surface area contributed by atoms with Gasteiger partial charge in [-0.1, -0.05) is 18.6 Å². The third-order valence-electron chi connectivity index (χ3n) is 5.22. The predicted molar refractivity (Wildman–Crippen MR) is 83.5 cm³/mol. The molecule has 1 N–H and O–H groups in total. The van der Waals surface area contributed by atoms with Gasteiger partial charge in [-0.05, 0) is 67.9 Å². The highest BCUT2D eigenvalue weighted by Gasteiger charge is 2.41. The van der Waals surface area contributed by atoms with Crippen LogP contribution in [0.3, 0.4) is 0 Å². The Morgan fingerprint density at radius 3 is 2.58 bits per heavy atom. The van der Waals surface area contributed by atoms with E-state index in [-0.39, 0.29) is 0 Å². The van der Waals surface area contributed by atoms with E-state index in [9.17, 15) is 0 Å². The smallest absolute Gasteiger partial charge is 0.0208 e. The first-order chi connectivity index (χ1) is 9.26. The SMILES string of the molecule is CSc1ccc(CN[C@H](C)[C@@H]2C[C@H]3CC[C@H]2C3)cc1. The lowest BCUT2D eigenvalue weighted by atomic mass is 9.84. The van der Waals surface area contributed by atoms with Crippen molar-refractivity contribution >= 4 is 11.8 Å². The van der Waals surface area contributed by atoms with Crippen LogP contribution < -0.4 is 5.32 Å². The highest BCUT2D eigenvalue weighted by atomic mass is 32.2. The molecule has 0 spiro atoms. The van der Waals surface area contributed by atoms with E-state index in [1.807, 2.05) is 11.8 Å². The molecular weight excluding hydrogens is 250 g/mol. The third kappa shape index (κ3) is 3.00. The van der Waals surface area contributed by atoms with Crippen molar-refractivity contribution in [3.05, 3.63) is 29.8 Å². The normalized spacial score (nSPS) is 30.7. The van der Waals surface area contributed by atoms with Gasteiger partial charge in [0.25, 0.3) is 0 Å². The van der Waals surface area contributed by atoms with Gasteiger partial charge in [0.1, 0.15) is 0 Å². The van der Waals surface area contributed by atoms with E-state index in [2.05, 4.69) is 42.8 Å². The molecule has 1 aromatic rings. The molecule has 1 nitrogen and oxygen atoms in total. The summed E-state index contributed by atoms with van der Waals surface area (Å²) in [6.07, 6.45) is 8.11. The maximum Gasteiger partial charge on any atom is 0.0208 e. The predicted octanol–water partition coefficient (Wildman–Crippen LogP) is 4.32. The highest BCUT2D eigenvalue weighted by molar-refractivity contribution is 7.98. The van der Waals surface area contributed by atoms with Crippen molar-refractivity contribution in [3.8, 4) is 0 Å². The zero-order valence-electron chi connectivity index (χ0n) is 12.1. The van der Waals surface area contributed by atoms with Crippen molar-refractivity contribution < 1.29 is 0 Å². The van der Waals surface area contributed by atoms with Crippen LogP contribution >= 0.6 is 11.8 Å². The summed E-state index contributed by atoms with van der Waals surface area (Å²) >= 11 is 1.81. The Kier molecular flexibility index (Phi) is 4.18. The van der Waals surface area contributed by atoms with E-state index in [1.54, 1.807) is 0 Å². The van der Waals surface area contributed by atoms with Crippen LogP contribution in [-0.2, 0) is 6.54 Å². The first kappa shape index (κ1) is 13.5. The molecule has 0 radical (unpaired) electrons. The molecular formula is C17H25NS. The van der Waals surface area contributed by atoms with Crippen LogP contribution in [0.1, 0.15) is 38.2 Å². The van der Waals surface area contributed by atoms with Crippen LogP contribution in [0, 0.1) is 17.8 Å². The van der Waals surface area contributed by atoms with Crippen LogP contribution in [0.2, 0.25) is 0 Å². The van der Waals surface area contributed by atoms with Gasteiger partial charge in [-0.25, -0.2) is 0 Å². The number of fused-ring (bicyclic) bond motifs is 2. The molecule has 1 aromatic carbocycles. The Balaban J connectivity index is 1.51. The van der Waals surface area contributed by atoms with Crippen molar-refractivity contribution in [2.75, 3.05) is 6.26 Å². The molecule has 3 rings (SSSR count). The van der Waals surface area contributed by atoms with Gasteiger partial charge in [-0.15, -0.1) is 11.8 Å². The molecule has 104 valence electrons. The van der Waals surface area contributed by atoms with E-state index in [0.29, 0.717) is 6.04 Å². The van der Waals surface area contributed by atoms with Gasteiger partial charge in [0, 0.05) is 17.5 Å². The number of hydrogen-bond donors (Lipinski definition) is 1. The fourth-order valence-corrected chi connectivity index (χ4v) is 4.49.